The summed E-state index contributed by atoms with van der Waals surface area (Å²) < 4.78 is 34.2. The maximum atomic E-state index is 12.8. The number of hydrogen-bond donors (Lipinski definition) is 1. The number of aryl methyl sites for hydroxylation is 2. The summed E-state index contributed by atoms with van der Waals surface area (Å²) in [6.45, 7) is 5.06. The first-order valence-electron chi connectivity index (χ1n) is 9.84. The zero-order valence-corrected chi connectivity index (χ0v) is 17.8. The minimum absolute atomic E-state index is 0.0442. The van der Waals surface area contributed by atoms with Crippen molar-refractivity contribution in [3.63, 3.8) is 0 Å². The number of benzene rings is 1. The number of rotatable bonds is 6. The summed E-state index contributed by atoms with van der Waals surface area (Å²) in [6.07, 6.45) is 3.28. The lowest BCUT2D eigenvalue weighted by Gasteiger charge is -2.14. The van der Waals surface area contributed by atoms with Crippen molar-refractivity contribution in [1.82, 2.24) is 14.1 Å². The van der Waals surface area contributed by atoms with Gasteiger partial charge in [0.2, 0.25) is 10.0 Å². The van der Waals surface area contributed by atoms with Crippen molar-refractivity contribution >= 4 is 21.7 Å². The second-order valence-electron chi connectivity index (χ2n) is 7.46. The minimum Gasteiger partial charge on any atom is -0.455 e. The Balaban J connectivity index is 1.51. The van der Waals surface area contributed by atoms with E-state index in [9.17, 15) is 13.2 Å². The predicted octanol–water partition coefficient (Wildman–Crippen LogP) is 3.18. The number of sulfonamides is 1. The number of nitrogens with zero attached hydrogens (tertiary/aromatic N) is 3. The molecule has 1 amide bonds. The first kappa shape index (κ1) is 20.4. The molecule has 0 aliphatic carbocycles. The fraction of sp³-hybridized carbons (Fsp3) is 0.333. The highest BCUT2D eigenvalue weighted by Gasteiger charge is 2.31. The van der Waals surface area contributed by atoms with Crippen molar-refractivity contribution in [2.45, 2.75) is 38.1 Å². The summed E-state index contributed by atoms with van der Waals surface area (Å²) in [5, 5.41) is 7.02. The van der Waals surface area contributed by atoms with E-state index in [0.717, 1.165) is 18.4 Å². The molecule has 0 spiro atoms. The van der Waals surface area contributed by atoms with E-state index < -0.39 is 15.9 Å². The van der Waals surface area contributed by atoms with E-state index in [0.29, 0.717) is 25.5 Å². The number of nitrogens with one attached hydrogen (secondary N) is 1. The maximum Gasteiger partial charge on any atom is 0.292 e. The van der Waals surface area contributed by atoms with Crippen LogP contribution in [0.4, 0.5) is 5.82 Å². The van der Waals surface area contributed by atoms with Crippen molar-refractivity contribution in [2.24, 2.45) is 0 Å². The Morgan fingerprint density at radius 3 is 2.53 bits per heavy atom. The fourth-order valence-electron chi connectivity index (χ4n) is 3.51. The summed E-state index contributed by atoms with van der Waals surface area (Å²) in [5.41, 5.74) is 2.22. The minimum atomic E-state index is -3.65. The van der Waals surface area contributed by atoms with Gasteiger partial charge in [-0.1, -0.05) is 29.8 Å². The molecule has 8 nitrogen and oxygen atoms in total. The van der Waals surface area contributed by atoms with Gasteiger partial charge in [0, 0.05) is 25.2 Å². The summed E-state index contributed by atoms with van der Waals surface area (Å²) in [7, 11) is -3.65. The first-order chi connectivity index (χ1) is 14.3. The standard InChI is InChI=1S/C21H24N4O4S/c1-15-5-7-17(8-6-15)14-25-20(9-10-22-25)23-21(26)18-13-19(16(2)29-18)30(27,28)24-11-3-4-12-24/h5-10,13H,3-4,11-12,14H2,1-2H3,(H,23,26). The summed E-state index contributed by atoms with van der Waals surface area (Å²) in [6, 6.07) is 11.0. The lowest BCUT2D eigenvalue weighted by molar-refractivity contribution is 0.0994. The van der Waals surface area contributed by atoms with Crippen molar-refractivity contribution in [2.75, 3.05) is 18.4 Å². The lowest BCUT2D eigenvalue weighted by Crippen LogP contribution is -2.28. The van der Waals surface area contributed by atoms with Crippen molar-refractivity contribution in [3.8, 4) is 0 Å². The van der Waals surface area contributed by atoms with Gasteiger partial charge in [0.1, 0.15) is 16.5 Å². The van der Waals surface area contributed by atoms with Gasteiger partial charge in [-0.15, -0.1) is 0 Å². The van der Waals surface area contributed by atoms with Crippen LogP contribution in [0.2, 0.25) is 0 Å². The Kier molecular flexibility index (Phi) is 5.48. The number of carbonyl (C=O) groups excluding carboxylic acids is 1. The molecule has 0 unspecified atom stereocenters. The third kappa shape index (κ3) is 4.03. The second-order valence-corrected chi connectivity index (χ2v) is 9.36. The molecule has 0 radical (unpaired) electrons. The molecule has 1 N–H and O–H groups in total. The number of furan rings is 1. The molecule has 0 saturated carbocycles. The van der Waals surface area contributed by atoms with Crippen LogP contribution in [0.1, 0.15) is 40.3 Å². The SMILES string of the molecule is Cc1ccc(Cn2nccc2NC(=O)c2cc(S(=O)(=O)N3CCCC3)c(C)o2)cc1. The van der Waals surface area contributed by atoms with E-state index in [4.69, 9.17) is 4.42 Å². The van der Waals surface area contributed by atoms with E-state index in [-0.39, 0.29) is 16.4 Å². The summed E-state index contributed by atoms with van der Waals surface area (Å²) in [5.74, 6) is 0.138. The van der Waals surface area contributed by atoms with Crippen LogP contribution in [0.5, 0.6) is 0 Å². The van der Waals surface area contributed by atoms with Crippen molar-refractivity contribution < 1.29 is 17.6 Å². The van der Waals surface area contributed by atoms with E-state index in [2.05, 4.69) is 10.4 Å². The number of amides is 1. The van der Waals surface area contributed by atoms with Crippen molar-refractivity contribution in [1.29, 1.82) is 0 Å². The molecule has 3 heterocycles. The molecule has 9 heteroatoms. The van der Waals surface area contributed by atoms with Gasteiger partial charge >= 0.3 is 0 Å². The molecule has 3 aromatic rings. The van der Waals surface area contributed by atoms with Crippen LogP contribution in [0, 0.1) is 13.8 Å². The largest absolute Gasteiger partial charge is 0.455 e. The molecule has 1 aliphatic heterocycles. The topological polar surface area (TPSA) is 97.4 Å². The van der Waals surface area contributed by atoms with Crippen LogP contribution in [0.3, 0.4) is 0 Å². The van der Waals surface area contributed by atoms with Crippen LogP contribution in [-0.2, 0) is 16.6 Å². The van der Waals surface area contributed by atoms with Crippen LogP contribution in [0.15, 0.2) is 51.9 Å². The normalized spacial score (nSPS) is 14.9. The highest BCUT2D eigenvalue weighted by molar-refractivity contribution is 7.89. The van der Waals surface area contributed by atoms with Gasteiger partial charge in [0.25, 0.3) is 5.91 Å². The Labute approximate surface area is 175 Å². The Hall–Kier alpha value is -2.91. The predicted molar refractivity (Wildman–Crippen MR) is 112 cm³/mol. The molecular weight excluding hydrogens is 404 g/mol. The van der Waals surface area contributed by atoms with E-state index in [1.54, 1.807) is 23.9 Å². The zero-order chi connectivity index (χ0) is 21.3. The molecule has 1 aromatic carbocycles. The number of hydrogen-bond acceptors (Lipinski definition) is 5. The lowest BCUT2D eigenvalue weighted by atomic mass is 10.1. The van der Waals surface area contributed by atoms with Gasteiger partial charge < -0.3 is 9.73 Å². The van der Waals surface area contributed by atoms with Gasteiger partial charge in [-0.25, -0.2) is 13.1 Å². The molecule has 4 rings (SSSR count). The molecule has 1 aliphatic rings. The third-order valence-corrected chi connectivity index (χ3v) is 7.20. The molecule has 0 bridgehead atoms. The number of anilines is 1. The van der Waals surface area contributed by atoms with Gasteiger partial charge in [-0.05, 0) is 32.3 Å². The average Bonchev–Trinajstić information content (AvgIpc) is 3.45. The molecule has 2 aromatic heterocycles. The molecule has 158 valence electrons. The quantitative estimate of drug-likeness (QED) is 0.650. The Morgan fingerprint density at radius 2 is 1.83 bits per heavy atom. The van der Waals surface area contributed by atoms with Gasteiger partial charge in [-0.3, -0.25) is 4.79 Å². The van der Waals surface area contributed by atoms with Crippen LogP contribution in [-0.4, -0.2) is 41.5 Å². The fourth-order valence-corrected chi connectivity index (χ4v) is 5.19. The van der Waals surface area contributed by atoms with Gasteiger partial charge in [0.15, 0.2) is 5.76 Å². The van der Waals surface area contributed by atoms with E-state index in [1.165, 1.54) is 15.9 Å². The average molecular weight is 429 g/mol. The highest BCUT2D eigenvalue weighted by atomic mass is 32.2. The maximum absolute atomic E-state index is 12.8. The van der Waals surface area contributed by atoms with Crippen molar-refractivity contribution in [3.05, 3.63) is 65.2 Å². The molecule has 1 saturated heterocycles. The number of carbonyl (C=O) groups is 1. The summed E-state index contributed by atoms with van der Waals surface area (Å²) in [4.78, 5) is 12.8. The van der Waals surface area contributed by atoms with E-state index in [1.807, 2.05) is 31.2 Å². The van der Waals surface area contributed by atoms with Gasteiger partial charge in [-0.2, -0.15) is 9.40 Å². The summed E-state index contributed by atoms with van der Waals surface area (Å²) >= 11 is 0. The number of aromatic nitrogens is 2. The first-order valence-corrected chi connectivity index (χ1v) is 11.3. The monoisotopic (exact) mass is 428 g/mol. The molecule has 30 heavy (non-hydrogen) atoms. The van der Waals surface area contributed by atoms with Gasteiger partial charge in [0.05, 0.1) is 12.7 Å². The Bertz CT molecular complexity index is 1160. The smallest absolute Gasteiger partial charge is 0.292 e. The molecular formula is C21H24N4O4S. The van der Waals surface area contributed by atoms with Crippen LogP contribution >= 0.6 is 0 Å². The second kappa shape index (κ2) is 8.08. The zero-order valence-electron chi connectivity index (χ0n) is 17.0. The molecule has 0 atom stereocenters. The van der Waals surface area contributed by atoms with Crippen LogP contribution < -0.4 is 5.32 Å². The third-order valence-electron chi connectivity index (χ3n) is 5.19. The van der Waals surface area contributed by atoms with E-state index >= 15 is 0 Å². The Morgan fingerprint density at radius 1 is 1.13 bits per heavy atom. The molecule has 1 fully saturated rings. The van der Waals surface area contributed by atoms with Crippen LogP contribution in [0.25, 0.3) is 0 Å². The highest BCUT2D eigenvalue weighted by Crippen LogP contribution is 2.27.